The fourth-order valence-electron chi connectivity index (χ4n) is 1.43. The molecular formula is C15H22F2O3Si. The van der Waals surface area contributed by atoms with Gasteiger partial charge in [0.2, 0.25) is 0 Å². The van der Waals surface area contributed by atoms with Crippen LogP contribution in [-0.4, -0.2) is 20.7 Å². The zero-order valence-electron chi connectivity index (χ0n) is 13.3. The number of Topliss-reactive ketones (excluding diaryl/α,β-unsaturated/α-hetero) is 1. The van der Waals surface area contributed by atoms with E-state index in [2.05, 4.69) is 4.74 Å². The van der Waals surface area contributed by atoms with Crippen LogP contribution in [0.1, 0.15) is 38.1 Å². The molecule has 0 aliphatic heterocycles. The minimum absolute atomic E-state index is 0.0418. The van der Waals surface area contributed by atoms with Gasteiger partial charge >= 0.3 is 6.61 Å². The van der Waals surface area contributed by atoms with Gasteiger partial charge in [0, 0.05) is 5.56 Å². The molecule has 0 spiro atoms. The van der Waals surface area contributed by atoms with Crippen LogP contribution in [-0.2, 0) is 0 Å². The Hall–Kier alpha value is -1.43. The molecular weight excluding hydrogens is 294 g/mol. The van der Waals surface area contributed by atoms with Crippen LogP contribution < -0.4 is 9.16 Å². The number of carbonyl (C=O) groups is 1. The molecule has 0 amide bonds. The van der Waals surface area contributed by atoms with Gasteiger partial charge in [-0.2, -0.15) is 8.78 Å². The molecule has 0 saturated carbocycles. The molecule has 0 unspecified atom stereocenters. The summed E-state index contributed by atoms with van der Waals surface area (Å²) in [7, 11) is -2.22. The highest BCUT2D eigenvalue weighted by Gasteiger charge is 2.39. The van der Waals surface area contributed by atoms with Gasteiger partial charge in [-0.3, -0.25) is 4.79 Å². The highest BCUT2D eigenvalue weighted by molar-refractivity contribution is 6.74. The van der Waals surface area contributed by atoms with Crippen LogP contribution in [0.25, 0.3) is 0 Å². The largest absolute Gasteiger partial charge is 0.541 e. The molecule has 21 heavy (non-hydrogen) atoms. The van der Waals surface area contributed by atoms with Crippen molar-refractivity contribution in [2.45, 2.75) is 52.4 Å². The normalized spacial score (nSPS) is 12.4. The van der Waals surface area contributed by atoms with Gasteiger partial charge in [0.05, 0.1) is 0 Å². The van der Waals surface area contributed by atoms with Gasteiger partial charge in [0.1, 0.15) is 5.75 Å². The van der Waals surface area contributed by atoms with Crippen LogP contribution in [0.3, 0.4) is 0 Å². The van der Waals surface area contributed by atoms with E-state index in [9.17, 15) is 13.6 Å². The first kappa shape index (κ1) is 17.6. The number of hydrogen-bond acceptors (Lipinski definition) is 3. The van der Waals surface area contributed by atoms with E-state index in [0.717, 1.165) is 0 Å². The number of ether oxygens (including phenoxy) is 1. The summed E-state index contributed by atoms with van der Waals surface area (Å²) in [6.07, 6.45) is 0. The molecule has 0 aromatic heterocycles. The predicted octanol–water partition coefficient (Wildman–Crippen LogP) is 4.87. The topological polar surface area (TPSA) is 35.5 Å². The maximum absolute atomic E-state index is 12.5. The molecule has 1 aromatic carbocycles. The van der Waals surface area contributed by atoms with Gasteiger partial charge in [-0.05, 0) is 43.3 Å². The van der Waals surface area contributed by atoms with Crippen LogP contribution in [0.2, 0.25) is 18.1 Å². The van der Waals surface area contributed by atoms with Crippen molar-refractivity contribution in [3.8, 4) is 11.5 Å². The lowest BCUT2D eigenvalue weighted by atomic mass is 10.1. The number of rotatable bonds is 5. The van der Waals surface area contributed by atoms with E-state index >= 15 is 0 Å². The van der Waals surface area contributed by atoms with E-state index in [0.29, 0.717) is 5.56 Å². The molecule has 0 aliphatic rings. The lowest BCUT2D eigenvalue weighted by Crippen LogP contribution is -2.44. The lowest BCUT2D eigenvalue weighted by molar-refractivity contribution is -0.0508. The second-order valence-corrected chi connectivity index (χ2v) is 11.2. The van der Waals surface area contributed by atoms with Crippen molar-refractivity contribution in [2.75, 3.05) is 0 Å². The Morgan fingerprint density at radius 3 is 2.19 bits per heavy atom. The fraction of sp³-hybridized carbons (Fsp3) is 0.533. The smallest absolute Gasteiger partial charge is 0.387 e. The standard InChI is InChI=1S/C15H22F2O3Si/c1-10(18)11-7-8-12(19-14(16)17)13(9-11)20-21(5,6)15(2,3)4/h7-9,14H,1-6H3. The van der Waals surface area contributed by atoms with Gasteiger partial charge in [-0.15, -0.1) is 0 Å². The molecule has 0 saturated heterocycles. The first-order valence-corrected chi connectivity index (χ1v) is 9.63. The SMILES string of the molecule is CC(=O)c1ccc(OC(F)F)c(O[Si](C)(C)C(C)(C)C)c1. The summed E-state index contributed by atoms with van der Waals surface area (Å²) in [6.45, 7) is 8.61. The first-order chi connectivity index (χ1) is 9.44. The molecule has 0 radical (unpaired) electrons. The Labute approximate surface area is 125 Å². The van der Waals surface area contributed by atoms with Gasteiger partial charge in [0.15, 0.2) is 11.5 Å². The summed E-state index contributed by atoms with van der Waals surface area (Å²) in [4.78, 5) is 11.5. The monoisotopic (exact) mass is 316 g/mol. The average Bonchev–Trinajstić information content (AvgIpc) is 2.28. The van der Waals surface area contributed by atoms with Crippen molar-refractivity contribution < 1.29 is 22.7 Å². The number of alkyl halides is 2. The van der Waals surface area contributed by atoms with Crippen LogP contribution in [0.15, 0.2) is 18.2 Å². The van der Waals surface area contributed by atoms with Gasteiger partial charge in [0.25, 0.3) is 8.32 Å². The Balaban J connectivity index is 3.23. The molecule has 0 aliphatic carbocycles. The van der Waals surface area contributed by atoms with E-state index in [4.69, 9.17) is 4.43 Å². The molecule has 1 rings (SSSR count). The molecule has 6 heteroatoms. The Morgan fingerprint density at radius 1 is 1.19 bits per heavy atom. The molecule has 1 aromatic rings. The van der Waals surface area contributed by atoms with Crippen LogP contribution >= 0.6 is 0 Å². The van der Waals surface area contributed by atoms with Crippen LogP contribution in [0.5, 0.6) is 11.5 Å². The number of hydrogen-bond donors (Lipinski definition) is 0. The van der Waals surface area contributed by atoms with Crippen molar-refractivity contribution in [3.05, 3.63) is 23.8 Å². The molecule has 0 heterocycles. The summed E-state index contributed by atoms with van der Waals surface area (Å²) in [5, 5.41) is -0.0959. The minimum atomic E-state index is -2.94. The molecule has 0 N–H and O–H groups in total. The Kier molecular flexibility index (Phi) is 5.14. The van der Waals surface area contributed by atoms with Crippen molar-refractivity contribution in [1.29, 1.82) is 0 Å². The van der Waals surface area contributed by atoms with E-state index < -0.39 is 14.9 Å². The number of halogens is 2. The first-order valence-electron chi connectivity index (χ1n) is 6.73. The van der Waals surface area contributed by atoms with Crippen molar-refractivity contribution >= 4 is 14.1 Å². The van der Waals surface area contributed by atoms with Crippen LogP contribution in [0.4, 0.5) is 8.78 Å². The third-order valence-corrected chi connectivity index (χ3v) is 8.08. The zero-order valence-corrected chi connectivity index (χ0v) is 14.3. The summed E-state index contributed by atoms with van der Waals surface area (Å²) in [6, 6.07) is 4.28. The quantitative estimate of drug-likeness (QED) is 0.574. The molecule has 0 bridgehead atoms. The van der Waals surface area contributed by atoms with E-state index in [1.165, 1.54) is 25.1 Å². The zero-order chi connectivity index (χ0) is 16.4. The van der Waals surface area contributed by atoms with E-state index in [1.54, 1.807) is 0 Å². The summed E-state index contributed by atoms with van der Waals surface area (Å²) < 4.78 is 35.5. The second-order valence-electron chi connectivity index (χ2n) is 6.46. The summed E-state index contributed by atoms with van der Waals surface area (Å²) in [5.41, 5.74) is 0.408. The minimum Gasteiger partial charge on any atom is -0.541 e. The highest BCUT2D eigenvalue weighted by Crippen LogP contribution is 2.40. The number of carbonyl (C=O) groups excluding carboxylic acids is 1. The maximum atomic E-state index is 12.5. The average molecular weight is 316 g/mol. The van der Waals surface area contributed by atoms with E-state index in [-0.39, 0.29) is 22.3 Å². The Bertz CT molecular complexity index is 522. The highest BCUT2D eigenvalue weighted by atomic mass is 28.4. The third kappa shape index (κ3) is 4.52. The molecule has 0 fully saturated rings. The third-order valence-electron chi connectivity index (χ3n) is 3.74. The second kappa shape index (κ2) is 6.13. The van der Waals surface area contributed by atoms with Gasteiger partial charge in [-0.25, -0.2) is 0 Å². The summed E-state index contributed by atoms with van der Waals surface area (Å²) in [5.74, 6) is 0.00750. The molecule has 0 atom stereocenters. The van der Waals surface area contributed by atoms with Crippen molar-refractivity contribution in [3.63, 3.8) is 0 Å². The van der Waals surface area contributed by atoms with E-state index in [1.807, 2.05) is 33.9 Å². The molecule has 3 nitrogen and oxygen atoms in total. The lowest BCUT2D eigenvalue weighted by Gasteiger charge is -2.36. The van der Waals surface area contributed by atoms with Crippen LogP contribution in [0, 0.1) is 0 Å². The number of ketones is 1. The fourth-order valence-corrected chi connectivity index (χ4v) is 2.44. The van der Waals surface area contributed by atoms with Gasteiger partial charge < -0.3 is 9.16 Å². The predicted molar refractivity (Wildman–Crippen MR) is 80.9 cm³/mol. The van der Waals surface area contributed by atoms with Crippen molar-refractivity contribution in [1.82, 2.24) is 0 Å². The van der Waals surface area contributed by atoms with Crippen molar-refractivity contribution in [2.24, 2.45) is 0 Å². The maximum Gasteiger partial charge on any atom is 0.387 e. The summed E-state index contributed by atoms with van der Waals surface area (Å²) >= 11 is 0. The van der Waals surface area contributed by atoms with Gasteiger partial charge in [-0.1, -0.05) is 20.8 Å². The Morgan fingerprint density at radius 2 is 1.76 bits per heavy atom. The number of benzene rings is 1. The molecule has 118 valence electrons.